The van der Waals surface area contributed by atoms with Crippen LogP contribution in [0.4, 0.5) is 13.2 Å². The van der Waals surface area contributed by atoms with Crippen LogP contribution in [0.25, 0.3) is 21.9 Å². The summed E-state index contributed by atoms with van der Waals surface area (Å²) in [7, 11) is 0. The van der Waals surface area contributed by atoms with Crippen LogP contribution in [0.1, 0.15) is 0 Å². The van der Waals surface area contributed by atoms with E-state index in [2.05, 4.69) is 0 Å². The van der Waals surface area contributed by atoms with E-state index >= 15 is 0 Å². The zero-order chi connectivity index (χ0) is 13.4. The minimum absolute atomic E-state index is 0.135. The zero-order valence-corrected chi connectivity index (χ0v) is 9.83. The molecular weight excluding hydrogens is 249 g/mol. The van der Waals surface area contributed by atoms with Gasteiger partial charge in [0.05, 0.1) is 0 Å². The van der Waals surface area contributed by atoms with Gasteiger partial charge in [-0.05, 0) is 23.1 Å². The SMILES string of the molecule is Fc1cccc(-c2cccc3c(F)cccc23)c1F. The van der Waals surface area contributed by atoms with E-state index in [9.17, 15) is 13.2 Å². The summed E-state index contributed by atoms with van der Waals surface area (Å²) in [5.74, 6) is -2.21. The Labute approximate surface area is 108 Å². The van der Waals surface area contributed by atoms with Crippen LogP contribution in [0.5, 0.6) is 0 Å². The summed E-state index contributed by atoms with van der Waals surface area (Å²) >= 11 is 0. The molecule has 3 aromatic carbocycles. The van der Waals surface area contributed by atoms with Crippen LogP contribution in [0.3, 0.4) is 0 Å². The quantitative estimate of drug-likeness (QED) is 0.581. The molecule has 0 aromatic heterocycles. The summed E-state index contributed by atoms with van der Waals surface area (Å²) in [5.41, 5.74) is 0.616. The van der Waals surface area contributed by atoms with Gasteiger partial charge >= 0.3 is 0 Å². The van der Waals surface area contributed by atoms with E-state index in [4.69, 9.17) is 0 Å². The van der Waals surface area contributed by atoms with E-state index in [1.165, 1.54) is 18.2 Å². The van der Waals surface area contributed by atoms with Gasteiger partial charge < -0.3 is 0 Å². The van der Waals surface area contributed by atoms with Gasteiger partial charge in [0.15, 0.2) is 11.6 Å². The molecular formula is C16H9F3. The summed E-state index contributed by atoms with van der Waals surface area (Å²) in [6, 6.07) is 13.5. The Kier molecular flexibility index (Phi) is 2.75. The first-order valence-corrected chi connectivity index (χ1v) is 5.80. The summed E-state index contributed by atoms with van der Waals surface area (Å²) < 4.78 is 40.8. The normalized spacial score (nSPS) is 10.9. The van der Waals surface area contributed by atoms with Crippen molar-refractivity contribution in [1.82, 2.24) is 0 Å². The second kappa shape index (κ2) is 4.43. The molecule has 0 aliphatic carbocycles. The van der Waals surface area contributed by atoms with Gasteiger partial charge in [-0.1, -0.05) is 42.5 Å². The van der Waals surface area contributed by atoms with Crippen molar-refractivity contribution in [2.24, 2.45) is 0 Å². The molecule has 0 nitrogen and oxygen atoms in total. The largest absolute Gasteiger partial charge is 0.206 e. The summed E-state index contributed by atoms with van der Waals surface area (Å²) in [5, 5.41) is 0.954. The first-order chi connectivity index (χ1) is 9.18. The van der Waals surface area contributed by atoms with Crippen molar-refractivity contribution in [3.8, 4) is 11.1 Å². The van der Waals surface area contributed by atoms with Gasteiger partial charge in [0.25, 0.3) is 0 Å². The van der Waals surface area contributed by atoms with Crippen molar-refractivity contribution in [3.63, 3.8) is 0 Å². The van der Waals surface area contributed by atoms with Crippen LogP contribution < -0.4 is 0 Å². The lowest BCUT2D eigenvalue weighted by molar-refractivity contribution is 0.511. The molecule has 0 saturated heterocycles. The van der Waals surface area contributed by atoms with Crippen LogP contribution in [0.2, 0.25) is 0 Å². The van der Waals surface area contributed by atoms with Crippen molar-refractivity contribution in [2.45, 2.75) is 0 Å². The van der Waals surface area contributed by atoms with Crippen molar-refractivity contribution < 1.29 is 13.2 Å². The summed E-state index contributed by atoms with van der Waals surface area (Å²) in [6.45, 7) is 0. The van der Waals surface area contributed by atoms with Crippen LogP contribution in [0.15, 0.2) is 54.6 Å². The Hall–Kier alpha value is -2.29. The Balaban J connectivity index is 2.37. The second-order valence-corrected chi connectivity index (χ2v) is 4.24. The highest BCUT2D eigenvalue weighted by Gasteiger charge is 2.12. The molecule has 94 valence electrons. The number of benzene rings is 3. The molecule has 3 heteroatoms. The van der Waals surface area contributed by atoms with Crippen LogP contribution >= 0.6 is 0 Å². The number of fused-ring (bicyclic) bond motifs is 1. The molecule has 0 N–H and O–H groups in total. The molecule has 0 aliphatic heterocycles. The molecule has 3 rings (SSSR count). The van der Waals surface area contributed by atoms with E-state index in [0.717, 1.165) is 6.07 Å². The minimum Gasteiger partial charge on any atom is -0.206 e. The van der Waals surface area contributed by atoms with Gasteiger partial charge in [-0.15, -0.1) is 0 Å². The molecule has 3 aromatic rings. The van der Waals surface area contributed by atoms with Crippen molar-refractivity contribution in [3.05, 3.63) is 72.0 Å². The van der Waals surface area contributed by atoms with E-state index in [1.807, 2.05) is 0 Å². The van der Waals surface area contributed by atoms with E-state index in [0.29, 0.717) is 16.3 Å². The Morgan fingerprint density at radius 2 is 1.11 bits per heavy atom. The number of rotatable bonds is 1. The lowest BCUT2D eigenvalue weighted by Crippen LogP contribution is -1.90. The predicted octanol–water partition coefficient (Wildman–Crippen LogP) is 4.92. The molecule has 0 fully saturated rings. The lowest BCUT2D eigenvalue weighted by Gasteiger charge is -2.08. The lowest BCUT2D eigenvalue weighted by atomic mass is 9.97. The predicted molar refractivity (Wildman–Crippen MR) is 69.3 cm³/mol. The molecule has 0 spiro atoms. The third-order valence-corrected chi connectivity index (χ3v) is 3.11. The number of hydrogen-bond acceptors (Lipinski definition) is 0. The third-order valence-electron chi connectivity index (χ3n) is 3.11. The maximum Gasteiger partial charge on any atom is 0.166 e. The molecule has 0 aliphatic rings. The van der Waals surface area contributed by atoms with Crippen molar-refractivity contribution >= 4 is 10.8 Å². The maximum atomic E-state index is 13.8. The van der Waals surface area contributed by atoms with Gasteiger partial charge in [-0.2, -0.15) is 0 Å². The highest BCUT2D eigenvalue weighted by molar-refractivity contribution is 5.97. The van der Waals surface area contributed by atoms with E-state index < -0.39 is 11.6 Å². The fourth-order valence-corrected chi connectivity index (χ4v) is 2.22. The third kappa shape index (κ3) is 1.87. The van der Waals surface area contributed by atoms with Gasteiger partial charge in [-0.3, -0.25) is 0 Å². The number of hydrogen-bond donors (Lipinski definition) is 0. The molecule has 0 radical (unpaired) electrons. The van der Waals surface area contributed by atoms with Gasteiger partial charge in [-0.25, -0.2) is 13.2 Å². The fourth-order valence-electron chi connectivity index (χ4n) is 2.22. The standard InChI is InChI=1S/C16H9F3/c17-14-8-2-5-10-11(4-1-6-12(10)14)13-7-3-9-15(18)16(13)19/h1-9H. The first-order valence-electron chi connectivity index (χ1n) is 5.80. The highest BCUT2D eigenvalue weighted by Crippen LogP contribution is 2.32. The average molecular weight is 258 g/mol. The van der Waals surface area contributed by atoms with Gasteiger partial charge in [0.1, 0.15) is 5.82 Å². The van der Waals surface area contributed by atoms with Gasteiger partial charge in [0.2, 0.25) is 0 Å². The number of halogens is 3. The molecule has 19 heavy (non-hydrogen) atoms. The molecule has 0 amide bonds. The summed E-state index contributed by atoms with van der Waals surface area (Å²) in [4.78, 5) is 0. The van der Waals surface area contributed by atoms with E-state index in [1.54, 1.807) is 30.3 Å². The molecule has 0 unspecified atom stereocenters. The van der Waals surface area contributed by atoms with Crippen LogP contribution in [-0.2, 0) is 0 Å². The topological polar surface area (TPSA) is 0 Å². The van der Waals surface area contributed by atoms with Crippen molar-refractivity contribution in [1.29, 1.82) is 0 Å². The van der Waals surface area contributed by atoms with Crippen LogP contribution in [-0.4, -0.2) is 0 Å². The molecule has 0 heterocycles. The summed E-state index contributed by atoms with van der Waals surface area (Å²) in [6.07, 6.45) is 0. The second-order valence-electron chi connectivity index (χ2n) is 4.24. The van der Waals surface area contributed by atoms with Gasteiger partial charge in [0, 0.05) is 10.9 Å². The highest BCUT2D eigenvalue weighted by atomic mass is 19.2. The fraction of sp³-hybridized carbons (Fsp3) is 0. The monoisotopic (exact) mass is 258 g/mol. The molecule has 0 atom stereocenters. The average Bonchev–Trinajstić information content (AvgIpc) is 2.42. The van der Waals surface area contributed by atoms with Crippen molar-refractivity contribution in [2.75, 3.05) is 0 Å². The minimum atomic E-state index is -0.917. The van der Waals surface area contributed by atoms with E-state index in [-0.39, 0.29) is 11.4 Å². The Morgan fingerprint density at radius 3 is 1.95 bits per heavy atom. The zero-order valence-electron chi connectivity index (χ0n) is 9.83. The molecule has 0 saturated carbocycles. The Bertz CT molecular complexity index is 763. The maximum absolute atomic E-state index is 13.8. The smallest absolute Gasteiger partial charge is 0.166 e. The first kappa shape index (κ1) is 11.8. The molecule has 0 bridgehead atoms. The van der Waals surface area contributed by atoms with Crippen LogP contribution in [0, 0.1) is 17.5 Å². The Morgan fingerprint density at radius 1 is 0.526 bits per heavy atom.